The van der Waals surface area contributed by atoms with Gasteiger partial charge in [0.1, 0.15) is 16.8 Å². The van der Waals surface area contributed by atoms with Gasteiger partial charge < -0.3 is 10.1 Å². The molecule has 0 saturated heterocycles. The Morgan fingerprint density at radius 2 is 1.73 bits per heavy atom. The van der Waals surface area contributed by atoms with Gasteiger partial charge in [-0.1, -0.05) is 72.3 Å². The van der Waals surface area contributed by atoms with Gasteiger partial charge in [-0.3, -0.25) is 4.79 Å². The second kappa shape index (κ2) is 12.6. The van der Waals surface area contributed by atoms with Gasteiger partial charge in [-0.15, -0.1) is 23.1 Å². The fourth-order valence-electron chi connectivity index (χ4n) is 4.12. The van der Waals surface area contributed by atoms with Crippen LogP contribution in [-0.2, 0) is 4.79 Å². The number of rotatable bonds is 9. The van der Waals surface area contributed by atoms with E-state index in [1.807, 2.05) is 97.2 Å². The lowest BCUT2D eigenvalue weighted by Gasteiger charge is -2.13. The average molecular weight is 563 g/mol. The molecule has 198 valence electrons. The third kappa shape index (κ3) is 6.40. The Hall–Kier alpha value is -4.45. The first-order valence-corrected chi connectivity index (χ1v) is 14.5. The number of nitrogens with zero attached hydrogens (tertiary/aromatic N) is 3. The maximum atomic E-state index is 12.7. The van der Waals surface area contributed by atoms with Crippen LogP contribution in [-0.4, -0.2) is 28.7 Å². The molecule has 0 atom stereocenters. The van der Waals surface area contributed by atoms with Gasteiger partial charge >= 0.3 is 0 Å². The van der Waals surface area contributed by atoms with Gasteiger partial charge in [0.25, 0.3) is 0 Å². The molecule has 1 amide bonds. The number of nitrogens with one attached hydrogen (secondary N) is 1. The number of hydrogen-bond donors (Lipinski definition) is 1. The number of carbonyl (C=O) groups is 1. The van der Waals surface area contributed by atoms with Crippen LogP contribution in [0.25, 0.3) is 33.6 Å². The van der Waals surface area contributed by atoms with E-state index in [1.165, 1.54) is 23.1 Å². The van der Waals surface area contributed by atoms with E-state index >= 15 is 0 Å². The van der Waals surface area contributed by atoms with Crippen LogP contribution < -0.4 is 10.1 Å². The molecule has 0 bridgehead atoms. The van der Waals surface area contributed by atoms with Crippen LogP contribution in [0.4, 0.5) is 5.13 Å². The molecule has 0 saturated carbocycles. The SMILES string of the molecule is COc1cccc(-c2csc(NC(=O)CCSc3nc(-c4ccccc4)cc(-c4ccc(C)cc4)c3C#N)n2)c1. The molecule has 2 aromatic heterocycles. The largest absolute Gasteiger partial charge is 0.497 e. The highest BCUT2D eigenvalue weighted by Gasteiger charge is 2.17. The van der Waals surface area contributed by atoms with Crippen molar-refractivity contribution in [2.24, 2.45) is 0 Å². The summed E-state index contributed by atoms with van der Waals surface area (Å²) >= 11 is 2.79. The van der Waals surface area contributed by atoms with E-state index < -0.39 is 0 Å². The number of hydrogen-bond acceptors (Lipinski definition) is 7. The van der Waals surface area contributed by atoms with Crippen LogP contribution in [0.15, 0.2) is 95.3 Å². The van der Waals surface area contributed by atoms with Crippen molar-refractivity contribution in [3.8, 4) is 45.5 Å². The summed E-state index contributed by atoms with van der Waals surface area (Å²) in [7, 11) is 1.63. The van der Waals surface area contributed by atoms with Gasteiger partial charge in [0.05, 0.1) is 24.1 Å². The van der Waals surface area contributed by atoms with E-state index in [-0.39, 0.29) is 12.3 Å². The van der Waals surface area contributed by atoms with Crippen molar-refractivity contribution in [2.75, 3.05) is 18.2 Å². The van der Waals surface area contributed by atoms with E-state index in [1.54, 1.807) is 7.11 Å². The predicted molar refractivity (Wildman–Crippen MR) is 163 cm³/mol. The van der Waals surface area contributed by atoms with Crippen LogP contribution in [0.3, 0.4) is 0 Å². The second-order valence-corrected chi connectivity index (χ2v) is 10.9. The molecule has 0 radical (unpaired) electrons. The number of aryl methyl sites for hydroxylation is 1. The second-order valence-electron chi connectivity index (χ2n) is 9.00. The minimum absolute atomic E-state index is 0.143. The number of amides is 1. The van der Waals surface area contributed by atoms with Crippen molar-refractivity contribution in [1.82, 2.24) is 9.97 Å². The zero-order chi connectivity index (χ0) is 27.9. The van der Waals surface area contributed by atoms with Crippen molar-refractivity contribution in [3.63, 3.8) is 0 Å². The summed E-state index contributed by atoms with van der Waals surface area (Å²) in [5.74, 6) is 1.07. The molecule has 0 aliphatic rings. The summed E-state index contributed by atoms with van der Waals surface area (Å²) in [6.07, 6.45) is 0.251. The first-order valence-electron chi connectivity index (χ1n) is 12.6. The summed E-state index contributed by atoms with van der Waals surface area (Å²) in [6, 6.07) is 30.0. The third-order valence-corrected chi connectivity index (χ3v) is 7.95. The zero-order valence-corrected chi connectivity index (χ0v) is 23.7. The number of thioether (sulfide) groups is 1. The minimum Gasteiger partial charge on any atom is -0.497 e. The molecule has 5 rings (SSSR count). The van der Waals surface area contributed by atoms with E-state index in [0.717, 1.165) is 45.0 Å². The minimum atomic E-state index is -0.143. The monoisotopic (exact) mass is 562 g/mol. The van der Waals surface area contributed by atoms with Gasteiger partial charge in [-0.2, -0.15) is 5.26 Å². The van der Waals surface area contributed by atoms with E-state index in [0.29, 0.717) is 21.5 Å². The number of thiazole rings is 1. The normalized spacial score (nSPS) is 10.6. The number of ether oxygens (including phenoxy) is 1. The smallest absolute Gasteiger partial charge is 0.226 e. The molecule has 3 aromatic carbocycles. The Labute approximate surface area is 241 Å². The Balaban J connectivity index is 1.32. The van der Waals surface area contributed by atoms with Gasteiger partial charge in [0.15, 0.2) is 5.13 Å². The van der Waals surface area contributed by atoms with Crippen molar-refractivity contribution in [3.05, 3.63) is 101 Å². The Kier molecular flexibility index (Phi) is 8.55. The maximum absolute atomic E-state index is 12.7. The third-order valence-electron chi connectivity index (χ3n) is 6.21. The average Bonchev–Trinajstić information content (AvgIpc) is 3.46. The molecule has 0 spiro atoms. The number of pyridine rings is 1. The summed E-state index contributed by atoms with van der Waals surface area (Å²) in [5.41, 5.74) is 6.90. The van der Waals surface area contributed by atoms with Crippen LogP contribution >= 0.6 is 23.1 Å². The standard InChI is InChI=1S/C32H26N4O2S2/c1-21-11-13-22(14-12-21)26-18-28(23-7-4-3-5-8-23)34-31(27(26)19-33)39-16-15-30(37)36-32-35-29(20-40-32)24-9-6-10-25(17-24)38-2/h3-14,17-18,20H,15-16H2,1-2H3,(H,35,36,37). The number of aromatic nitrogens is 2. The lowest BCUT2D eigenvalue weighted by Crippen LogP contribution is -2.12. The van der Waals surface area contributed by atoms with Gasteiger partial charge in [0.2, 0.25) is 5.91 Å². The van der Waals surface area contributed by atoms with Crippen LogP contribution in [0.1, 0.15) is 17.5 Å². The summed E-state index contributed by atoms with van der Waals surface area (Å²) < 4.78 is 5.29. The maximum Gasteiger partial charge on any atom is 0.226 e. The molecule has 8 heteroatoms. The highest BCUT2D eigenvalue weighted by Crippen LogP contribution is 2.35. The Bertz CT molecular complexity index is 1680. The molecule has 0 aliphatic heterocycles. The van der Waals surface area contributed by atoms with Crippen molar-refractivity contribution < 1.29 is 9.53 Å². The molecule has 40 heavy (non-hydrogen) atoms. The van der Waals surface area contributed by atoms with Crippen molar-refractivity contribution in [2.45, 2.75) is 18.4 Å². The van der Waals surface area contributed by atoms with E-state index in [9.17, 15) is 10.1 Å². The molecule has 0 fully saturated rings. The first-order chi connectivity index (χ1) is 19.5. The fourth-order valence-corrected chi connectivity index (χ4v) is 5.80. The number of anilines is 1. The lowest BCUT2D eigenvalue weighted by atomic mass is 9.98. The van der Waals surface area contributed by atoms with Crippen molar-refractivity contribution in [1.29, 1.82) is 5.26 Å². The van der Waals surface area contributed by atoms with Crippen LogP contribution in [0.2, 0.25) is 0 Å². The number of nitriles is 1. The van der Waals surface area contributed by atoms with Crippen LogP contribution in [0.5, 0.6) is 5.75 Å². The van der Waals surface area contributed by atoms with Gasteiger partial charge in [-0.25, -0.2) is 9.97 Å². The highest BCUT2D eigenvalue weighted by molar-refractivity contribution is 7.99. The first kappa shape index (κ1) is 27.1. The molecule has 6 nitrogen and oxygen atoms in total. The van der Waals surface area contributed by atoms with Gasteiger partial charge in [0, 0.05) is 34.2 Å². The Morgan fingerprint density at radius 1 is 0.950 bits per heavy atom. The molecule has 1 N–H and O–H groups in total. The lowest BCUT2D eigenvalue weighted by molar-refractivity contribution is -0.115. The quantitative estimate of drug-likeness (QED) is 0.184. The fraction of sp³-hybridized carbons (Fsp3) is 0.125. The Morgan fingerprint density at radius 3 is 2.48 bits per heavy atom. The number of benzene rings is 3. The summed E-state index contributed by atoms with van der Waals surface area (Å²) in [6.45, 7) is 2.04. The van der Waals surface area contributed by atoms with E-state index in [4.69, 9.17) is 9.72 Å². The molecular formula is C32H26N4O2S2. The summed E-state index contributed by atoms with van der Waals surface area (Å²) in [4.78, 5) is 22.1. The molecule has 2 heterocycles. The van der Waals surface area contributed by atoms with Crippen molar-refractivity contribution >= 4 is 34.1 Å². The summed E-state index contributed by atoms with van der Waals surface area (Å²) in [5, 5.41) is 16.1. The highest BCUT2D eigenvalue weighted by atomic mass is 32.2. The molecule has 5 aromatic rings. The predicted octanol–water partition coefficient (Wildman–Crippen LogP) is 7.85. The molecule has 0 aliphatic carbocycles. The zero-order valence-electron chi connectivity index (χ0n) is 22.0. The number of methoxy groups -OCH3 is 1. The van der Waals surface area contributed by atoms with E-state index in [2.05, 4.69) is 16.4 Å². The number of carbonyl (C=O) groups excluding carboxylic acids is 1. The topological polar surface area (TPSA) is 87.9 Å². The molecule has 0 unspecified atom stereocenters. The van der Waals surface area contributed by atoms with Gasteiger partial charge in [-0.05, 0) is 30.7 Å². The van der Waals surface area contributed by atoms with Crippen LogP contribution in [0, 0.1) is 18.3 Å². The molecular weight excluding hydrogens is 537 g/mol.